The van der Waals surface area contributed by atoms with Crippen LogP contribution in [0.5, 0.6) is 0 Å². The second kappa shape index (κ2) is 57.2. The maximum Gasteiger partial charge on any atom is 0.249 e. The van der Waals surface area contributed by atoms with Crippen LogP contribution in [0.2, 0.25) is 0 Å². The third-order valence-electron chi connectivity index (χ3n) is 14.2. The van der Waals surface area contributed by atoms with Crippen LogP contribution in [-0.4, -0.2) is 57.3 Å². The molecule has 0 aromatic rings. The van der Waals surface area contributed by atoms with Gasteiger partial charge in [0.2, 0.25) is 5.91 Å². The molecular formula is C63H119NO5. The molecule has 6 heteroatoms. The van der Waals surface area contributed by atoms with Crippen molar-refractivity contribution >= 4 is 5.91 Å². The minimum atomic E-state index is -1.30. The fourth-order valence-electron chi connectivity index (χ4n) is 9.43. The van der Waals surface area contributed by atoms with Gasteiger partial charge in [-0.1, -0.05) is 274 Å². The summed E-state index contributed by atoms with van der Waals surface area (Å²) in [6.45, 7) is 4.07. The molecule has 0 aliphatic rings. The van der Waals surface area contributed by atoms with Crippen LogP contribution in [0.25, 0.3) is 0 Å². The fourth-order valence-corrected chi connectivity index (χ4v) is 9.43. The van der Waals surface area contributed by atoms with Crippen LogP contribution in [0, 0.1) is 0 Å². The number of nitrogens with one attached hydrogen (secondary N) is 1. The Labute approximate surface area is 429 Å². The van der Waals surface area contributed by atoms with E-state index in [4.69, 9.17) is 0 Å². The van der Waals surface area contributed by atoms with Crippen LogP contribution >= 0.6 is 0 Å². The number of carbonyl (C=O) groups is 1. The molecule has 0 saturated heterocycles. The number of hydrogen-bond donors (Lipinski definition) is 5. The first-order chi connectivity index (χ1) is 34.0. The molecule has 0 spiro atoms. The zero-order valence-electron chi connectivity index (χ0n) is 46.1. The number of hydrogen-bond acceptors (Lipinski definition) is 5. The molecule has 0 saturated carbocycles. The smallest absolute Gasteiger partial charge is 0.249 e. The molecule has 6 nitrogen and oxygen atoms in total. The van der Waals surface area contributed by atoms with E-state index in [2.05, 4.69) is 67.8 Å². The van der Waals surface area contributed by atoms with E-state index in [9.17, 15) is 25.2 Å². The predicted molar refractivity (Wildman–Crippen MR) is 302 cm³/mol. The Morgan fingerprint density at radius 1 is 0.348 bits per heavy atom. The summed E-state index contributed by atoms with van der Waals surface area (Å²) in [5.74, 6) is -0.596. The second-order valence-corrected chi connectivity index (χ2v) is 21.0. The third kappa shape index (κ3) is 51.0. The highest BCUT2D eigenvalue weighted by molar-refractivity contribution is 5.80. The lowest BCUT2D eigenvalue weighted by Gasteiger charge is -2.27. The molecule has 1 amide bonds. The molecule has 0 bridgehead atoms. The lowest BCUT2D eigenvalue weighted by Crippen LogP contribution is -2.53. The van der Waals surface area contributed by atoms with Gasteiger partial charge in [-0.2, -0.15) is 0 Å². The van der Waals surface area contributed by atoms with E-state index < -0.39 is 36.9 Å². The van der Waals surface area contributed by atoms with Crippen LogP contribution in [0.15, 0.2) is 48.6 Å². The first-order valence-corrected chi connectivity index (χ1v) is 30.5. The van der Waals surface area contributed by atoms with Gasteiger partial charge in [-0.15, -0.1) is 0 Å². The first-order valence-electron chi connectivity index (χ1n) is 30.5. The van der Waals surface area contributed by atoms with Gasteiger partial charge < -0.3 is 25.7 Å². The monoisotopic (exact) mass is 970 g/mol. The van der Waals surface area contributed by atoms with Crippen molar-refractivity contribution in [3.05, 3.63) is 48.6 Å². The van der Waals surface area contributed by atoms with Gasteiger partial charge in [0.1, 0.15) is 12.2 Å². The molecule has 0 aromatic carbocycles. The summed E-state index contributed by atoms with van der Waals surface area (Å²) < 4.78 is 0. The van der Waals surface area contributed by atoms with Crippen molar-refractivity contribution in [1.29, 1.82) is 0 Å². The summed E-state index contributed by atoms with van der Waals surface area (Å²) in [4.78, 5) is 12.6. The van der Waals surface area contributed by atoms with Crippen molar-refractivity contribution in [3.8, 4) is 0 Å². The number of rotatable bonds is 56. The normalized spacial score (nSPS) is 14.0. The molecule has 0 radical (unpaired) electrons. The molecular weight excluding hydrogens is 851 g/mol. The molecule has 406 valence electrons. The number of allylic oxidation sites excluding steroid dienone is 8. The lowest BCUT2D eigenvalue weighted by atomic mass is 10.00. The number of carbonyl (C=O) groups excluding carboxylic acids is 1. The summed E-state index contributed by atoms with van der Waals surface area (Å²) in [6.07, 6.45) is 73.4. The van der Waals surface area contributed by atoms with Crippen molar-refractivity contribution in [2.75, 3.05) is 6.61 Å². The average Bonchev–Trinajstić information content (AvgIpc) is 3.35. The molecule has 5 N–H and O–H groups in total. The van der Waals surface area contributed by atoms with Gasteiger partial charge in [0.05, 0.1) is 18.8 Å². The van der Waals surface area contributed by atoms with Gasteiger partial charge in [0, 0.05) is 0 Å². The van der Waals surface area contributed by atoms with Gasteiger partial charge in [0.15, 0.2) is 0 Å². The van der Waals surface area contributed by atoms with Crippen molar-refractivity contribution < 1.29 is 25.2 Å². The van der Waals surface area contributed by atoms with E-state index in [1.165, 1.54) is 231 Å². The van der Waals surface area contributed by atoms with Crippen LogP contribution in [0.1, 0.15) is 316 Å². The molecule has 0 heterocycles. The zero-order chi connectivity index (χ0) is 50.2. The average molecular weight is 971 g/mol. The van der Waals surface area contributed by atoms with E-state index in [1.54, 1.807) is 0 Å². The van der Waals surface area contributed by atoms with E-state index in [0.717, 1.165) is 51.4 Å². The number of aliphatic hydroxyl groups is 4. The zero-order valence-corrected chi connectivity index (χ0v) is 46.1. The summed E-state index contributed by atoms with van der Waals surface area (Å²) in [7, 11) is 0. The van der Waals surface area contributed by atoms with E-state index in [1.807, 2.05) is 0 Å². The van der Waals surface area contributed by atoms with Crippen molar-refractivity contribution in [3.63, 3.8) is 0 Å². The van der Waals surface area contributed by atoms with Crippen molar-refractivity contribution in [2.45, 2.75) is 340 Å². The quantitative estimate of drug-likeness (QED) is 0.0308. The van der Waals surface area contributed by atoms with Gasteiger partial charge in [-0.3, -0.25) is 4.79 Å². The van der Waals surface area contributed by atoms with Gasteiger partial charge in [0.25, 0.3) is 0 Å². The molecule has 0 aliphatic carbocycles. The Balaban J connectivity index is 3.66. The highest BCUT2D eigenvalue weighted by Crippen LogP contribution is 2.17. The Morgan fingerprint density at radius 2 is 0.609 bits per heavy atom. The van der Waals surface area contributed by atoms with E-state index in [0.29, 0.717) is 19.3 Å². The van der Waals surface area contributed by atoms with Crippen molar-refractivity contribution in [2.24, 2.45) is 0 Å². The van der Waals surface area contributed by atoms with Gasteiger partial charge >= 0.3 is 0 Å². The Bertz CT molecular complexity index is 1130. The third-order valence-corrected chi connectivity index (χ3v) is 14.2. The Kier molecular flexibility index (Phi) is 55.7. The summed E-state index contributed by atoms with van der Waals surface area (Å²) in [6, 6.07) is -1.01. The van der Waals surface area contributed by atoms with Crippen LogP contribution in [0.4, 0.5) is 0 Å². The number of amides is 1. The molecule has 69 heavy (non-hydrogen) atoms. The molecule has 4 unspecified atom stereocenters. The van der Waals surface area contributed by atoms with Crippen molar-refractivity contribution in [1.82, 2.24) is 5.32 Å². The SMILES string of the molecule is CCCCCCCCCCCC/C=C/CC/C=C/CC/C=C/CCCC(O)C(O)C(CO)NC(=O)C(O)CCCCCCCCCCCCCCCC/C=C\CCCCCCCCCCCCCC. The maximum atomic E-state index is 12.6. The summed E-state index contributed by atoms with van der Waals surface area (Å²) >= 11 is 0. The molecule has 0 aliphatic heterocycles. The highest BCUT2D eigenvalue weighted by Gasteiger charge is 2.28. The Morgan fingerprint density at radius 3 is 0.913 bits per heavy atom. The largest absolute Gasteiger partial charge is 0.394 e. The molecule has 4 atom stereocenters. The van der Waals surface area contributed by atoms with Crippen LogP contribution in [-0.2, 0) is 4.79 Å². The fraction of sp³-hybridized carbons (Fsp3) is 0.857. The Hall–Kier alpha value is -1.73. The first kappa shape index (κ1) is 67.3. The molecule has 0 fully saturated rings. The van der Waals surface area contributed by atoms with E-state index >= 15 is 0 Å². The lowest BCUT2D eigenvalue weighted by molar-refractivity contribution is -0.132. The van der Waals surface area contributed by atoms with Crippen LogP contribution in [0.3, 0.4) is 0 Å². The molecule has 0 aromatic heterocycles. The number of aliphatic hydroxyl groups excluding tert-OH is 4. The second-order valence-electron chi connectivity index (χ2n) is 21.0. The van der Waals surface area contributed by atoms with Gasteiger partial charge in [-0.25, -0.2) is 0 Å². The standard InChI is InChI=1S/C63H119NO5/c1-3-5-7-9-11-13-15-17-19-21-23-25-27-28-29-30-31-32-33-35-37-39-41-43-45-47-49-51-53-55-57-61(67)63(69)64-59(58-65)62(68)60(66)56-54-52-50-48-46-44-42-40-38-36-34-26-24-22-20-18-16-14-12-10-8-6-4-2/h26,28-29,34,40,42,48,50,59-62,65-68H,3-25,27,30-33,35-39,41,43-47,49,51-58H2,1-2H3,(H,64,69)/b29-28-,34-26+,42-40+,50-48+. The minimum absolute atomic E-state index is 0.359. The van der Waals surface area contributed by atoms with Crippen LogP contribution < -0.4 is 5.32 Å². The highest BCUT2D eigenvalue weighted by atomic mass is 16.3. The topological polar surface area (TPSA) is 110 Å². The predicted octanol–water partition coefficient (Wildman–Crippen LogP) is 18.1. The summed E-state index contributed by atoms with van der Waals surface area (Å²) in [5.41, 5.74) is 0. The maximum absolute atomic E-state index is 12.6. The minimum Gasteiger partial charge on any atom is -0.394 e. The number of unbranched alkanes of at least 4 members (excludes halogenated alkanes) is 39. The van der Waals surface area contributed by atoms with E-state index in [-0.39, 0.29) is 0 Å². The summed E-state index contributed by atoms with van der Waals surface area (Å²) in [5, 5.41) is 44.0. The van der Waals surface area contributed by atoms with Gasteiger partial charge in [-0.05, 0) is 89.9 Å². The molecule has 0 rings (SSSR count).